The van der Waals surface area contributed by atoms with E-state index in [0.29, 0.717) is 25.9 Å². The topological polar surface area (TPSA) is 87.0 Å². The molecule has 1 saturated heterocycles. The van der Waals surface area contributed by atoms with Gasteiger partial charge in [-0.2, -0.15) is 17.0 Å². The first-order valence-electron chi connectivity index (χ1n) is 8.09. The zero-order valence-corrected chi connectivity index (χ0v) is 14.4. The molecule has 1 saturated carbocycles. The van der Waals surface area contributed by atoms with Gasteiger partial charge in [-0.25, -0.2) is 4.79 Å². The Labute approximate surface area is 133 Å². The van der Waals surface area contributed by atoms with Crippen LogP contribution in [-0.4, -0.2) is 67.2 Å². The standard InChI is InChI=1S/C14H28N4O3S/c1-16(2)22(20,21)17-10-8-13(9-11-17)18(14(15)19)12-6-4-3-5-7-12/h12-13H,3-11H2,1-2H3,(H2,15,19). The molecule has 0 radical (unpaired) electrons. The molecule has 2 aliphatic rings. The summed E-state index contributed by atoms with van der Waals surface area (Å²) in [5, 5.41) is 0. The second-order valence-corrected chi connectivity index (χ2v) is 8.60. The number of urea groups is 1. The summed E-state index contributed by atoms with van der Waals surface area (Å²) in [5.41, 5.74) is 5.61. The summed E-state index contributed by atoms with van der Waals surface area (Å²) in [5.74, 6) is 0. The number of carbonyl (C=O) groups is 1. The molecule has 0 spiro atoms. The molecular formula is C14H28N4O3S. The molecule has 7 nitrogen and oxygen atoms in total. The Morgan fingerprint density at radius 1 is 1.00 bits per heavy atom. The minimum atomic E-state index is -3.36. The van der Waals surface area contributed by atoms with Crippen LogP contribution in [0.4, 0.5) is 4.79 Å². The summed E-state index contributed by atoms with van der Waals surface area (Å²) in [6.07, 6.45) is 6.85. The third-order valence-electron chi connectivity index (χ3n) is 4.83. The van der Waals surface area contributed by atoms with Gasteiger partial charge in [0, 0.05) is 39.3 Å². The summed E-state index contributed by atoms with van der Waals surface area (Å²) >= 11 is 0. The van der Waals surface area contributed by atoms with E-state index in [2.05, 4.69) is 0 Å². The van der Waals surface area contributed by atoms with Gasteiger partial charge in [0.25, 0.3) is 10.2 Å². The van der Waals surface area contributed by atoms with Gasteiger partial charge < -0.3 is 10.6 Å². The zero-order valence-electron chi connectivity index (χ0n) is 13.6. The van der Waals surface area contributed by atoms with Crippen molar-refractivity contribution >= 4 is 16.2 Å². The normalized spacial score (nSPS) is 22.9. The number of nitrogens with zero attached hydrogens (tertiary/aromatic N) is 3. The van der Waals surface area contributed by atoms with Gasteiger partial charge in [0.2, 0.25) is 0 Å². The molecule has 1 aliphatic heterocycles. The molecule has 2 rings (SSSR count). The van der Waals surface area contributed by atoms with E-state index < -0.39 is 10.2 Å². The maximum Gasteiger partial charge on any atom is 0.315 e. The van der Waals surface area contributed by atoms with Crippen molar-refractivity contribution in [3.8, 4) is 0 Å². The van der Waals surface area contributed by atoms with Crippen molar-refractivity contribution in [2.75, 3.05) is 27.2 Å². The minimum absolute atomic E-state index is 0.0641. The fourth-order valence-corrected chi connectivity index (χ4v) is 4.73. The third kappa shape index (κ3) is 3.72. The molecule has 1 aliphatic carbocycles. The Hall–Kier alpha value is -0.860. The predicted molar refractivity (Wildman–Crippen MR) is 85.5 cm³/mol. The molecule has 0 bridgehead atoms. The Morgan fingerprint density at radius 2 is 1.50 bits per heavy atom. The predicted octanol–water partition coefficient (Wildman–Crippen LogP) is 0.971. The van der Waals surface area contributed by atoms with Crippen LogP contribution in [0.3, 0.4) is 0 Å². The molecule has 2 amide bonds. The van der Waals surface area contributed by atoms with Crippen molar-refractivity contribution in [2.45, 2.75) is 57.0 Å². The smallest absolute Gasteiger partial charge is 0.315 e. The van der Waals surface area contributed by atoms with E-state index in [0.717, 1.165) is 25.7 Å². The van der Waals surface area contributed by atoms with Gasteiger partial charge in [-0.05, 0) is 25.7 Å². The lowest BCUT2D eigenvalue weighted by Gasteiger charge is -2.42. The van der Waals surface area contributed by atoms with Crippen LogP contribution >= 0.6 is 0 Å². The van der Waals surface area contributed by atoms with Crippen LogP contribution in [0.15, 0.2) is 0 Å². The van der Waals surface area contributed by atoms with Gasteiger partial charge in [-0.15, -0.1) is 0 Å². The van der Waals surface area contributed by atoms with E-state index >= 15 is 0 Å². The Morgan fingerprint density at radius 3 is 1.95 bits per heavy atom. The highest BCUT2D eigenvalue weighted by Crippen LogP contribution is 2.28. The maximum absolute atomic E-state index is 12.1. The second kappa shape index (κ2) is 7.14. The Bertz CT molecular complexity index is 480. The Kier molecular flexibility index (Phi) is 5.68. The van der Waals surface area contributed by atoms with E-state index in [1.54, 1.807) is 14.1 Å². The molecule has 0 atom stereocenters. The highest BCUT2D eigenvalue weighted by molar-refractivity contribution is 7.86. The molecule has 2 N–H and O–H groups in total. The average Bonchev–Trinajstić information content (AvgIpc) is 2.48. The van der Waals surface area contributed by atoms with Gasteiger partial charge in [0.15, 0.2) is 0 Å². The molecule has 22 heavy (non-hydrogen) atoms. The molecule has 1 heterocycles. The average molecular weight is 332 g/mol. The summed E-state index contributed by atoms with van der Waals surface area (Å²) in [4.78, 5) is 13.7. The zero-order chi connectivity index (χ0) is 16.3. The van der Waals surface area contributed by atoms with E-state index in [-0.39, 0.29) is 18.1 Å². The number of carbonyl (C=O) groups excluding carboxylic acids is 1. The number of amides is 2. The monoisotopic (exact) mass is 332 g/mol. The lowest BCUT2D eigenvalue weighted by molar-refractivity contribution is 0.102. The number of hydrogen-bond acceptors (Lipinski definition) is 3. The van der Waals surface area contributed by atoms with Gasteiger partial charge in [-0.3, -0.25) is 0 Å². The third-order valence-corrected chi connectivity index (χ3v) is 6.77. The number of nitrogens with two attached hydrogens (primary N) is 1. The van der Waals surface area contributed by atoms with Crippen molar-refractivity contribution in [3.05, 3.63) is 0 Å². The van der Waals surface area contributed by atoms with Crippen molar-refractivity contribution in [2.24, 2.45) is 5.73 Å². The molecule has 0 unspecified atom stereocenters. The number of primary amides is 1. The van der Waals surface area contributed by atoms with Crippen molar-refractivity contribution in [1.29, 1.82) is 0 Å². The first-order chi connectivity index (χ1) is 10.3. The van der Waals surface area contributed by atoms with Crippen LogP contribution in [0, 0.1) is 0 Å². The van der Waals surface area contributed by atoms with Crippen molar-refractivity contribution < 1.29 is 13.2 Å². The van der Waals surface area contributed by atoms with E-state index in [1.165, 1.54) is 15.0 Å². The molecule has 0 aromatic rings. The number of hydrogen-bond donors (Lipinski definition) is 1. The van der Waals surface area contributed by atoms with Crippen LogP contribution in [-0.2, 0) is 10.2 Å². The van der Waals surface area contributed by atoms with Crippen LogP contribution in [0.5, 0.6) is 0 Å². The summed E-state index contributed by atoms with van der Waals surface area (Å²) in [7, 11) is -0.281. The molecular weight excluding hydrogens is 304 g/mol. The lowest BCUT2D eigenvalue weighted by Crippen LogP contribution is -2.55. The van der Waals surface area contributed by atoms with Crippen LogP contribution in [0.2, 0.25) is 0 Å². The fourth-order valence-electron chi connectivity index (χ4n) is 3.60. The first-order valence-corrected chi connectivity index (χ1v) is 9.49. The second-order valence-electron chi connectivity index (χ2n) is 6.46. The first kappa shape index (κ1) is 17.5. The molecule has 0 aromatic carbocycles. The van der Waals surface area contributed by atoms with Gasteiger partial charge in [0.1, 0.15) is 0 Å². The van der Waals surface area contributed by atoms with E-state index in [1.807, 2.05) is 4.90 Å². The van der Waals surface area contributed by atoms with Crippen molar-refractivity contribution in [3.63, 3.8) is 0 Å². The minimum Gasteiger partial charge on any atom is -0.351 e. The number of rotatable bonds is 4. The van der Waals surface area contributed by atoms with Crippen molar-refractivity contribution in [1.82, 2.24) is 13.5 Å². The SMILES string of the molecule is CN(C)S(=O)(=O)N1CCC(N(C(N)=O)C2CCCCC2)CC1. The van der Waals surface area contributed by atoms with Crippen LogP contribution in [0.25, 0.3) is 0 Å². The Balaban J connectivity index is 2.00. The van der Waals surface area contributed by atoms with E-state index in [4.69, 9.17) is 5.73 Å². The summed E-state index contributed by atoms with van der Waals surface area (Å²) in [6, 6.07) is -0.0664. The summed E-state index contributed by atoms with van der Waals surface area (Å²) in [6.45, 7) is 0.892. The quantitative estimate of drug-likeness (QED) is 0.832. The number of piperidine rings is 1. The molecule has 8 heteroatoms. The van der Waals surface area contributed by atoms with Gasteiger partial charge in [-0.1, -0.05) is 19.3 Å². The van der Waals surface area contributed by atoms with E-state index in [9.17, 15) is 13.2 Å². The van der Waals surface area contributed by atoms with Gasteiger partial charge >= 0.3 is 6.03 Å². The molecule has 0 aromatic heterocycles. The summed E-state index contributed by atoms with van der Waals surface area (Å²) < 4.78 is 27.0. The fraction of sp³-hybridized carbons (Fsp3) is 0.929. The van der Waals surface area contributed by atoms with Gasteiger partial charge in [0.05, 0.1) is 0 Å². The molecule has 2 fully saturated rings. The lowest BCUT2D eigenvalue weighted by atomic mass is 9.92. The van der Waals surface area contributed by atoms with Crippen LogP contribution < -0.4 is 5.73 Å². The largest absolute Gasteiger partial charge is 0.351 e. The van der Waals surface area contributed by atoms with Crippen LogP contribution in [0.1, 0.15) is 44.9 Å². The highest BCUT2D eigenvalue weighted by atomic mass is 32.2. The molecule has 128 valence electrons. The maximum atomic E-state index is 12.1. The highest BCUT2D eigenvalue weighted by Gasteiger charge is 2.36.